The van der Waals surface area contributed by atoms with Crippen molar-refractivity contribution in [2.45, 2.75) is 38.6 Å². The van der Waals surface area contributed by atoms with Gasteiger partial charge in [0.15, 0.2) is 0 Å². The first-order chi connectivity index (χ1) is 9.11. The van der Waals surface area contributed by atoms with Crippen LogP contribution in [0, 0.1) is 0 Å². The fraction of sp³-hybridized carbons (Fsp3) is 0.533. The van der Waals surface area contributed by atoms with E-state index in [-0.39, 0.29) is 11.9 Å². The fourth-order valence-corrected chi connectivity index (χ4v) is 1.79. The molecule has 0 saturated carbocycles. The van der Waals surface area contributed by atoms with Crippen molar-refractivity contribution in [2.24, 2.45) is 5.73 Å². The van der Waals surface area contributed by atoms with Gasteiger partial charge in [0.1, 0.15) is 5.75 Å². The second-order valence-corrected chi connectivity index (χ2v) is 4.82. The zero-order valence-corrected chi connectivity index (χ0v) is 11.8. The Bertz CT molecular complexity index is 374. The lowest BCUT2D eigenvalue weighted by Crippen LogP contribution is -2.26. The van der Waals surface area contributed by atoms with E-state index in [0.717, 1.165) is 30.6 Å². The number of ether oxygens (including phenoxy) is 1. The Kier molecular flexibility index (Phi) is 6.97. The first kappa shape index (κ1) is 15.5. The molecule has 3 N–H and O–H groups in total. The third-order valence-corrected chi connectivity index (χ3v) is 2.96. The van der Waals surface area contributed by atoms with Gasteiger partial charge in [0, 0.05) is 19.0 Å². The Balaban J connectivity index is 2.18. The van der Waals surface area contributed by atoms with E-state index in [1.54, 1.807) is 7.11 Å². The average Bonchev–Trinajstić information content (AvgIpc) is 2.41. The van der Waals surface area contributed by atoms with Gasteiger partial charge in [-0.05, 0) is 43.9 Å². The lowest BCUT2D eigenvalue weighted by atomic mass is 10.1. The normalized spacial score (nSPS) is 11.9. The molecule has 0 aliphatic heterocycles. The van der Waals surface area contributed by atoms with Crippen LogP contribution in [0.3, 0.4) is 0 Å². The maximum absolute atomic E-state index is 11.6. The number of benzene rings is 1. The lowest BCUT2D eigenvalue weighted by molar-refractivity contribution is -0.121. The molecule has 0 radical (unpaired) electrons. The van der Waals surface area contributed by atoms with E-state index in [4.69, 9.17) is 10.5 Å². The summed E-state index contributed by atoms with van der Waals surface area (Å²) in [6.45, 7) is 2.69. The predicted octanol–water partition coefficient (Wildman–Crippen LogP) is 1.87. The van der Waals surface area contributed by atoms with Crippen molar-refractivity contribution in [3.05, 3.63) is 29.8 Å². The van der Waals surface area contributed by atoms with Gasteiger partial charge in [0.2, 0.25) is 5.91 Å². The van der Waals surface area contributed by atoms with E-state index >= 15 is 0 Å². The molecule has 0 fully saturated rings. The van der Waals surface area contributed by atoms with Crippen LogP contribution >= 0.6 is 0 Å². The Labute approximate surface area is 115 Å². The summed E-state index contributed by atoms with van der Waals surface area (Å²) < 4.78 is 5.09. The minimum Gasteiger partial charge on any atom is -0.497 e. The van der Waals surface area contributed by atoms with Crippen molar-refractivity contribution in [1.82, 2.24) is 5.32 Å². The second kappa shape index (κ2) is 8.53. The lowest BCUT2D eigenvalue weighted by Gasteiger charge is -2.07. The maximum atomic E-state index is 11.6. The highest BCUT2D eigenvalue weighted by atomic mass is 16.5. The maximum Gasteiger partial charge on any atom is 0.220 e. The quantitative estimate of drug-likeness (QED) is 0.705. The van der Waals surface area contributed by atoms with Crippen LogP contribution in [0.5, 0.6) is 5.75 Å². The topological polar surface area (TPSA) is 64.3 Å². The van der Waals surface area contributed by atoms with Gasteiger partial charge in [-0.25, -0.2) is 0 Å². The van der Waals surface area contributed by atoms with Gasteiger partial charge in [0.05, 0.1) is 7.11 Å². The minimum atomic E-state index is 0.0977. The van der Waals surface area contributed by atoms with Gasteiger partial charge in [0.25, 0.3) is 0 Å². The summed E-state index contributed by atoms with van der Waals surface area (Å²) in [6.07, 6.45) is 3.15. The van der Waals surface area contributed by atoms with Crippen molar-refractivity contribution in [3.63, 3.8) is 0 Å². The van der Waals surface area contributed by atoms with Gasteiger partial charge in [-0.1, -0.05) is 12.1 Å². The smallest absolute Gasteiger partial charge is 0.220 e. The van der Waals surface area contributed by atoms with E-state index in [1.807, 2.05) is 31.2 Å². The number of rotatable bonds is 8. The van der Waals surface area contributed by atoms with Crippen molar-refractivity contribution in [1.29, 1.82) is 0 Å². The molecular weight excluding hydrogens is 240 g/mol. The van der Waals surface area contributed by atoms with E-state index in [9.17, 15) is 4.79 Å². The van der Waals surface area contributed by atoms with Crippen LogP contribution in [0.25, 0.3) is 0 Å². The predicted molar refractivity (Wildman–Crippen MR) is 77.2 cm³/mol. The third-order valence-electron chi connectivity index (χ3n) is 2.96. The van der Waals surface area contributed by atoms with Crippen LogP contribution in [-0.2, 0) is 11.2 Å². The molecule has 1 unspecified atom stereocenters. The van der Waals surface area contributed by atoms with E-state index in [0.29, 0.717) is 13.0 Å². The van der Waals surface area contributed by atoms with E-state index < -0.39 is 0 Å². The van der Waals surface area contributed by atoms with Crippen molar-refractivity contribution in [3.8, 4) is 5.75 Å². The van der Waals surface area contributed by atoms with Crippen LogP contribution in [0.1, 0.15) is 31.7 Å². The molecule has 4 nitrogen and oxygen atoms in total. The van der Waals surface area contributed by atoms with Crippen LogP contribution < -0.4 is 15.8 Å². The Morgan fingerprint density at radius 1 is 1.37 bits per heavy atom. The summed E-state index contributed by atoms with van der Waals surface area (Å²) in [5.41, 5.74) is 6.79. The molecule has 0 bridgehead atoms. The summed E-state index contributed by atoms with van der Waals surface area (Å²) in [4.78, 5) is 11.6. The largest absolute Gasteiger partial charge is 0.497 e. The Morgan fingerprint density at radius 2 is 2.05 bits per heavy atom. The molecule has 1 rings (SSSR count). The van der Waals surface area contributed by atoms with Crippen LogP contribution in [0.15, 0.2) is 24.3 Å². The summed E-state index contributed by atoms with van der Waals surface area (Å²) in [5, 5.41) is 2.91. The average molecular weight is 264 g/mol. The highest BCUT2D eigenvalue weighted by Gasteiger charge is 2.02. The van der Waals surface area contributed by atoms with Gasteiger partial charge in [-0.15, -0.1) is 0 Å². The SMILES string of the molecule is COc1ccc(CCC(=O)NCCCC(C)N)cc1. The number of hydrogen-bond donors (Lipinski definition) is 2. The highest BCUT2D eigenvalue weighted by Crippen LogP contribution is 2.12. The molecule has 1 aromatic rings. The number of amides is 1. The number of carbonyl (C=O) groups excluding carboxylic acids is 1. The van der Waals surface area contributed by atoms with Gasteiger partial charge >= 0.3 is 0 Å². The van der Waals surface area contributed by atoms with E-state index in [2.05, 4.69) is 5.32 Å². The summed E-state index contributed by atoms with van der Waals surface area (Å²) in [6, 6.07) is 8.01. The van der Waals surface area contributed by atoms with Gasteiger partial charge in [-0.2, -0.15) is 0 Å². The second-order valence-electron chi connectivity index (χ2n) is 4.82. The Morgan fingerprint density at radius 3 is 2.63 bits per heavy atom. The molecule has 1 amide bonds. The van der Waals surface area contributed by atoms with Crippen LogP contribution in [-0.4, -0.2) is 25.6 Å². The molecule has 0 aliphatic rings. The van der Waals surface area contributed by atoms with Crippen molar-refractivity contribution in [2.75, 3.05) is 13.7 Å². The van der Waals surface area contributed by atoms with Gasteiger partial charge in [-0.3, -0.25) is 4.79 Å². The summed E-state index contributed by atoms with van der Waals surface area (Å²) >= 11 is 0. The standard InChI is InChI=1S/C15H24N2O2/c1-12(16)4-3-11-17-15(18)10-7-13-5-8-14(19-2)9-6-13/h5-6,8-9,12H,3-4,7,10-11,16H2,1-2H3,(H,17,18). The first-order valence-corrected chi connectivity index (χ1v) is 6.77. The van der Waals surface area contributed by atoms with Crippen LogP contribution in [0.2, 0.25) is 0 Å². The molecule has 0 heterocycles. The van der Waals surface area contributed by atoms with Gasteiger partial charge < -0.3 is 15.8 Å². The number of methoxy groups -OCH3 is 1. The first-order valence-electron chi connectivity index (χ1n) is 6.77. The number of carbonyl (C=O) groups is 1. The fourth-order valence-electron chi connectivity index (χ4n) is 1.79. The van der Waals surface area contributed by atoms with Crippen molar-refractivity contribution < 1.29 is 9.53 Å². The third kappa shape index (κ3) is 6.82. The highest BCUT2D eigenvalue weighted by molar-refractivity contribution is 5.76. The zero-order chi connectivity index (χ0) is 14.1. The van der Waals surface area contributed by atoms with Crippen molar-refractivity contribution >= 4 is 5.91 Å². The number of nitrogens with one attached hydrogen (secondary N) is 1. The summed E-state index contributed by atoms with van der Waals surface area (Å²) in [7, 11) is 1.64. The number of aryl methyl sites for hydroxylation is 1. The molecular formula is C15H24N2O2. The van der Waals surface area contributed by atoms with E-state index in [1.165, 1.54) is 0 Å². The minimum absolute atomic E-state index is 0.0977. The molecule has 0 spiro atoms. The molecule has 0 aromatic heterocycles. The molecule has 0 aliphatic carbocycles. The molecule has 0 saturated heterocycles. The monoisotopic (exact) mass is 264 g/mol. The Hall–Kier alpha value is -1.55. The molecule has 4 heteroatoms. The number of nitrogens with two attached hydrogens (primary N) is 1. The number of hydrogen-bond acceptors (Lipinski definition) is 3. The molecule has 106 valence electrons. The zero-order valence-electron chi connectivity index (χ0n) is 11.8. The molecule has 1 aromatic carbocycles. The molecule has 19 heavy (non-hydrogen) atoms. The molecule has 1 atom stereocenters. The van der Waals surface area contributed by atoms with Crippen LogP contribution in [0.4, 0.5) is 0 Å². The summed E-state index contributed by atoms with van der Waals surface area (Å²) in [5.74, 6) is 0.935.